The minimum Gasteiger partial charge on any atom is -0.657 e. The molecule has 0 unspecified atom stereocenters. The molecule has 8 bridgehead atoms. The third-order valence-corrected chi connectivity index (χ3v) is 8.36. The first-order chi connectivity index (χ1) is 21.6. The van der Waals surface area contributed by atoms with E-state index in [1.165, 1.54) is 0 Å². The van der Waals surface area contributed by atoms with Crippen molar-refractivity contribution in [2.24, 2.45) is 0 Å². The molecule has 0 spiro atoms. The number of carboxylic acid groups (broad SMARTS) is 2. The molecule has 0 saturated carbocycles. The molecule has 0 radical (unpaired) electrons. The average Bonchev–Trinajstić information content (AvgIpc) is 3.70. The standard InChI is InChI=1S/C34H32N4O6S.Fe/c1-4-18-17(3)25-10-27-19(5-2)22(14-39)30(36-27)13-32-24(16-45)21(7-9-34(43)44)29(38-32)12-28-20(6-8-33(41)42)23(15-40)31(37-28)11-26(18)35-25;/h4-5,10-14,39-40,45H,1,6-9,15-16H2,2-3H3,(H,41,42)(H,43,44);/q-4;+4/b19-5+,22-14-,27-10-,28-12+,30-13-,31-11-;. The number of aliphatic carboxylic acids is 2. The molecule has 10 nitrogen and oxygen atoms in total. The second kappa shape index (κ2) is 14.4. The summed E-state index contributed by atoms with van der Waals surface area (Å²) >= 11 is 4.56. The number of aromatic nitrogens is 4. The Bertz CT molecular complexity index is 2220. The quantitative estimate of drug-likeness (QED) is 0.0976. The van der Waals surface area contributed by atoms with Gasteiger partial charge in [-0.05, 0) is 48.3 Å². The van der Waals surface area contributed by atoms with E-state index in [1.807, 2.05) is 26.0 Å². The number of hydrogen-bond donors (Lipinski definition) is 5. The van der Waals surface area contributed by atoms with Crippen molar-refractivity contribution in [1.82, 2.24) is 19.9 Å². The Balaban J connectivity index is 0.00000480. The van der Waals surface area contributed by atoms with Crippen LogP contribution < -0.4 is 51.8 Å². The molecule has 0 aromatic carbocycles. The summed E-state index contributed by atoms with van der Waals surface area (Å²) in [6.07, 6.45) is 11.5. The van der Waals surface area contributed by atoms with E-state index in [0.29, 0.717) is 76.9 Å². The van der Waals surface area contributed by atoms with E-state index in [1.54, 1.807) is 24.3 Å². The number of rotatable bonds is 9. The molecule has 1 aliphatic rings. The van der Waals surface area contributed by atoms with Crippen LogP contribution in [0.5, 0.6) is 0 Å². The molecule has 0 atom stereocenters. The Labute approximate surface area is 279 Å². The molecule has 0 amide bonds. The number of nitrogens with zero attached hydrogens (tertiary/aromatic N) is 4. The smallest absolute Gasteiger partial charge is 0.657 e. The Morgan fingerprint density at radius 3 is 1.89 bits per heavy atom. The maximum Gasteiger partial charge on any atom is 4.00 e. The van der Waals surface area contributed by atoms with Crippen LogP contribution in [-0.2, 0) is 51.9 Å². The Hall–Kier alpha value is -4.35. The van der Waals surface area contributed by atoms with Gasteiger partial charge in [-0.3, -0.25) is 9.59 Å². The van der Waals surface area contributed by atoms with Crippen molar-refractivity contribution in [2.75, 3.05) is 0 Å². The molecular weight excluding hydrogens is 648 g/mol. The van der Waals surface area contributed by atoms with Crippen molar-refractivity contribution in [3.8, 4) is 0 Å². The van der Waals surface area contributed by atoms with Gasteiger partial charge in [0, 0.05) is 18.6 Å². The summed E-state index contributed by atoms with van der Waals surface area (Å²) in [4.78, 5) is 42.6. The van der Waals surface area contributed by atoms with E-state index in [4.69, 9.17) is 19.9 Å². The summed E-state index contributed by atoms with van der Waals surface area (Å²) in [5.74, 6) is -1.73. The normalized spacial score (nSPS) is 15.8. The number of fused-ring (bicyclic) bond motifs is 8. The third kappa shape index (κ3) is 6.47. The Kier molecular flexibility index (Phi) is 10.8. The van der Waals surface area contributed by atoms with Crippen LogP contribution in [-0.4, -0.2) is 32.4 Å². The van der Waals surface area contributed by atoms with Gasteiger partial charge in [-0.25, -0.2) is 0 Å². The van der Waals surface area contributed by atoms with Gasteiger partial charge in [-0.2, -0.15) is 12.6 Å². The number of carbonyl (C=O) groups is 2. The van der Waals surface area contributed by atoms with E-state index < -0.39 is 11.9 Å². The van der Waals surface area contributed by atoms with Gasteiger partial charge < -0.3 is 40.4 Å². The predicted molar refractivity (Wildman–Crippen MR) is 174 cm³/mol. The minimum atomic E-state index is -0.998. The van der Waals surface area contributed by atoms with Crippen molar-refractivity contribution in [2.45, 2.75) is 51.9 Å². The van der Waals surface area contributed by atoms with Crippen molar-refractivity contribution in [1.29, 1.82) is 0 Å². The van der Waals surface area contributed by atoms with Crippen LogP contribution in [0.3, 0.4) is 0 Å². The molecule has 0 aliphatic carbocycles. The molecule has 238 valence electrons. The van der Waals surface area contributed by atoms with Crippen LogP contribution in [0.1, 0.15) is 75.9 Å². The van der Waals surface area contributed by atoms with Crippen molar-refractivity contribution < 1.29 is 47.1 Å². The van der Waals surface area contributed by atoms with Gasteiger partial charge in [-0.15, -0.1) is 44.2 Å². The number of carboxylic acids is 2. The van der Waals surface area contributed by atoms with Gasteiger partial charge in [0.1, 0.15) is 0 Å². The van der Waals surface area contributed by atoms with Gasteiger partial charge in [0.15, 0.2) is 0 Å². The molecule has 5 rings (SSSR count). The van der Waals surface area contributed by atoms with E-state index in [9.17, 15) is 30.0 Å². The van der Waals surface area contributed by atoms with Gasteiger partial charge in [0.2, 0.25) is 0 Å². The van der Waals surface area contributed by atoms with E-state index in [2.05, 4.69) is 19.2 Å². The summed E-state index contributed by atoms with van der Waals surface area (Å²) in [5, 5.41) is 42.8. The van der Waals surface area contributed by atoms with Gasteiger partial charge in [-0.1, -0.05) is 65.3 Å². The van der Waals surface area contributed by atoms with Crippen molar-refractivity contribution >= 4 is 67.3 Å². The van der Waals surface area contributed by atoms with Crippen molar-refractivity contribution in [3.05, 3.63) is 94.6 Å². The zero-order chi connectivity index (χ0) is 32.4. The first kappa shape index (κ1) is 34.5. The average molecular weight is 681 g/mol. The van der Waals surface area contributed by atoms with Crippen LogP contribution in [0.4, 0.5) is 0 Å². The first-order valence-electron chi connectivity index (χ1n) is 14.3. The Morgan fingerprint density at radius 2 is 1.30 bits per heavy atom. The molecule has 5 heterocycles. The molecular formula is C34H32FeN4O6S. The molecule has 1 aliphatic heterocycles. The van der Waals surface area contributed by atoms with Crippen LogP contribution >= 0.6 is 12.6 Å². The van der Waals surface area contributed by atoms with Gasteiger partial charge >= 0.3 is 29.0 Å². The molecule has 4 aromatic heterocycles. The maximum absolute atomic E-state index is 11.6. The second-order valence-corrected chi connectivity index (χ2v) is 10.9. The molecule has 4 N–H and O–H groups in total. The fourth-order valence-electron chi connectivity index (χ4n) is 5.82. The monoisotopic (exact) mass is 680 g/mol. The maximum atomic E-state index is 11.6. The number of thiol groups is 1. The number of aliphatic hydroxyl groups is 2. The van der Waals surface area contributed by atoms with Crippen LogP contribution in [0.15, 0.2) is 6.58 Å². The zero-order valence-corrected chi connectivity index (χ0v) is 27.2. The number of hydrogen-bond acceptors (Lipinski definition) is 5. The SMILES string of the molecule is C=Cc1c2[n-]c(c1C)\C=c1[n-]c(/c(=C\O)c/1=C\C)=C\c1[n-]c(c(CCC(=O)O)c1CS)/C=c1/[n-]/c(c(CO)c1CCC(=O)O)=C\2.[Fe+4]. The summed E-state index contributed by atoms with van der Waals surface area (Å²) < 4.78 is 0. The minimum absolute atomic E-state index is 0. The molecule has 0 saturated heterocycles. The number of aliphatic hydroxyl groups excluding tert-OH is 2. The molecule has 0 fully saturated rings. The zero-order valence-electron chi connectivity index (χ0n) is 25.2. The van der Waals surface area contributed by atoms with Crippen LogP contribution in [0.2, 0.25) is 0 Å². The topological polar surface area (TPSA) is 171 Å². The molecule has 46 heavy (non-hydrogen) atoms. The molecule has 4 aromatic rings. The van der Waals surface area contributed by atoms with E-state index >= 15 is 0 Å². The summed E-state index contributed by atoms with van der Waals surface area (Å²) in [6, 6.07) is 0. The summed E-state index contributed by atoms with van der Waals surface area (Å²) in [5.41, 5.74) is 6.16. The van der Waals surface area contributed by atoms with Crippen molar-refractivity contribution in [3.63, 3.8) is 0 Å². The van der Waals surface area contributed by atoms with E-state index in [0.717, 1.165) is 17.4 Å². The van der Waals surface area contributed by atoms with Crippen LogP contribution in [0.25, 0.3) is 42.7 Å². The van der Waals surface area contributed by atoms with Gasteiger partial charge in [0.05, 0.1) is 12.9 Å². The predicted octanol–water partition coefficient (Wildman–Crippen LogP) is -0.854. The third-order valence-electron chi connectivity index (χ3n) is 8.04. The second-order valence-electron chi connectivity index (χ2n) is 10.6. The van der Waals surface area contributed by atoms with E-state index in [-0.39, 0.29) is 55.1 Å². The fraction of sp³-hybridized carbons (Fsp3) is 0.235. The van der Waals surface area contributed by atoms with Crippen LogP contribution in [0, 0.1) is 6.92 Å². The Morgan fingerprint density at radius 1 is 0.783 bits per heavy atom. The van der Waals surface area contributed by atoms with Gasteiger partial charge in [0.25, 0.3) is 0 Å². The summed E-state index contributed by atoms with van der Waals surface area (Å²) in [7, 11) is 0. The first-order valence-corrected chi connectivity index (χ1v) is 14.9. The fourth-order valence-corrected chi connectivity index (χ4v) is 6.17. The summed E-state index contributed by atoms with van der Waals surface area (Å²) in [6.45, 7) is 7.35. The largest absolute Gasteiger partial charge is 4.00 e. The molecule has 12 heteroatoms.